The Hall–Kier alpha value is -3.85. The minimum absolute atomic E-state index is 0.127. The molecule has 0 spiro atoms. The van der Waals surface area contributed by atoms with Crippen molar-refractivity contribution < 1.29 is 9.53 Å². The van der Waals surface area contributed by atoms with Gasteiger partial charge in [0.1, 0.15) is 0 Å². The number of aryl methyl sites for hydroxylation is 1. The van der Waals surface area contributed by atoms with Crippen LogP contribution in [0, 0.1) is 5.92 Å². The largest absolute Gasteiger partial charge is 0.381 e. The monoisotopic (exact) mass is 497 g/mol. The molecule has 0 aliphatic carbocycles. The average molecular weight is 498 g/mol. The van der Waals surface area contributed by atoms with Crippen molar-refractivity contribution in [2.24, 2.45) is 13.0 Å². The Balaban J connectivity index is 1.10. The van der Waals surface area contributed by atoms with Crippen LogP contribution in [0.5, 0.6) is 0 Å². The number of hydrogen-bond donors (Lipinski definition) is 0. The molecular formula is C28H31N7O2. The van der Waals surface area contributed by atoms with Gasteiger partial charge in [0.05, 0.1) is 18.4 Å². The van der Waals surface area contributed by atoms with E-state index >= 15 is 0 Å². The highest BCUT2D eigenvalue weighted by molar-refractivity contribution is 5.79. The fraction of sp³-hybridized carbons (Fsp3) is 0.393. The zero-order valence-electron chi connectivity index (χ0n) is 21.0. The molecule has 2 aliphatic rings. The molecule has 3 aromatic heterocycles. The topological polar surface area (TPSA) is 91.0 Å². The van der Waals surface area contributed by atoms with Crippen LogP contribution in [0.3, 0.4) is 0 Å². The maximum Gasteiger partial charge on any atom is 0.225 e. The first-order chi connectivity index (χ1) is 18.1. The van der Waals surface area contributed by atoms with Gasteiger partial charge in [0.15, 0.2) is 5.82 Å². The molecule has 0 radical (unpaired) electrons. The second-order valence-corrected chi connectivity index (χ2v) is 9.93. The minimum atomic E-state index is 0.127. The van der Waals surface area contributed by atoms with E-state index in [0.717, 1.165) is 66.6 Å². The lowest BCUT2D eigenvalue weighted by molar-refractivity contribution is -0.139. The fourth-order valence-electron chi connectivity index (χ4n) is 5.27. The number of rotatable bonds is 5. The Morgan fingerprint density at radius 1 is 0.838 bits per heavy atom. The molecule has 0 N–H and O–H groups in total. The molecule has 9 nitrogen and oxygen atoms in total. The highest BCUT2D eigenvalue weighted by atomic mass is 16.5. The van der Waals surface area contributed by atoms with E-state index in [2.05, 4.69) is 38.5 Å². The van der Waals surface area contributed by atoms with Crippen LogP contribution >= 0.6 is 0 Å². The summed E-state index contributed by atoms with van der Waals surface area (Å²) in [5.74, 6) is 1.11. The van der Waals surface area contributed by atoms with Gasteiger partial charge in [-0.25, -0.2) is 9.97 Å². The lowest BCUT2D eigenvalue weighted by atomic mass is 9.96. The number of likely N-dealkylation sites (tertiary alicyclic amines) is 1. The summed E-state index contributed by atoms with van der Waals surface area (Å²) in [5, 5.41) is 8.90. The van der Waals surface area contributed by atoms with Crippen LogP contribution in [0.25, 0.3) is 33.6 Å². The second kappa shape index (κ2) is 10.3. The first-order valence-electron chi connectivity index (χ1n) is 13.0. The summed E-state index contributed by atoms with van der Waals surface area (Å²) in [6.07, 6.45) is 15.0. The molecule has 9 heteroatoms. The number of carbonyl (C=O) groups is 1. The molecule has 0 unspecified atom stereocenters. The van der Waals surface area contributed by atoms with Crippen molar-refractivity contribution in [1.29, 1.82) is 0 Å². The van der Waals surface area contributed by atoms with Crippen molar-refractivity contribution in [1.82, 2.24) is 34.4 Å². The summed E-state index contributed by atoms with van der Waals surface area (Å²) >= 11 is 0. The molecular weight excluding hydrogens is 466 g/mol. The van der Waals surface area contributed by atoms with E-state index < -0.39 is 0 Å². The Labute approximate surface area is 216 Å². The van der Waals surface area contributed by atoms with Gasteiger partial charge in [0.25, 0.3) is 0 Å². The molecule has 6 rings (SSSR count). The van der Waals surface area contributed by atoms with Crippen LogP contribution in [0.1, 0.15) is 31.7 Å². The Kier molecular flexibility index (Phi) is 6.53. The van der Waals surface area contributed by atoms with E-state index in [1.165, 1.54) is 0 Å². The van der Waals surface area contributed by atoms with Gasteiger partial charge >= 0.3 is 0 Å². The maximum absolute atomic E-state index is 12.8. The number of hydrogen-bond acceptors (Lipinski definition) is 6. The number of amides is 1. The zero-order valence-corrected chi connectivity index (χ0v) is 21.0. The number of benzene rings is 1. The number of ether oxygens (including phenoxy) is 1. The molecule has 1 aromatic carbocycles. The Morgan fingerprint density at radius 2 is 1.54 bits per heavy atom. The van der Waals surface area contributed by atoms with Crippen molar-refractivity contribution in [2.45, 2.75) is 31.7 Å². The van der Waals surface area contributed by atoms with E-state index in [1.807, 2.05) is 59.7 Å². The van der Waals surface area contributed by atoms with Gasteiger partial charge in [-0.15, -0.1) is 0 Å². The van der Waals surface area contributed by atoms with Crippen molar-refractivity contribution in [3.63, 3.8) is 0 Å². The van der Waals surface area contributed by atoms with Crippen molar-refractivity contribution in [2.75, 3.05) is 26.3 Å². The zero-order chi connectivity index (χ0) is 25.2. The van der Waals surface area contributed by atoms with Gasteiger partial charge < -0.3 is 9.64 Å². The highest BCUT2D eigenvalue weighted by Gasteiger charge is 2.30. The third-order valence-corrected chi connectivity index (χ3v) is 7.47. The van der Waals surface area contributed by atoms with Crippen LogP contribution in [0.15, 0.2) is 61.4 Å². The molecule has 37 heavy (non-hydrogen) atoms. The molecule has 2 aliphatic heterocycles. The summed E-state index contributed by atoms with van der Waals surface area (Å²) in [7, 11) is 1.91. The molecule has 0 saturated carbocycles. The predicted octanol–water partition coefficient (Wildman–Crippen LogP) is 4.00. The summed E-state index contributed by atoms with van der Waals surface area (Å²) in [6.45, 7) is 2.97. The summed E-state index contributed by atoms with van der Waals surface area (Å²) in [5.41, 5.74) is 5.04. The summed E-state index contributed by atoms with van der Waals surface area (Å²) in [6, 6.07) is 8.48. The molecule has 5 heterocycles. The third kappa shape index (κ3) is 5.04. The van der Waals surface area contributed by atoms with Crippen molar-refractivity contribution in [3.05, 3.63) is 61.4 Å². The van der Waals surface area contributed by atoms with Crippen molar-refractivity contribution in [3.8, 4) is 33.6 Å². The summed E-state index contributed by atoms with van der Waals surface area (Å²) < 4.78 is 9.24. The predicted molar refractivity (Wildman–Crippen MR) is 139 cm³/mol. The third-order valence-electron chi connectivity index (χ3n) is 7.47. The first kappa shape index (κ1) is 23.5. The van der Waals surface area contributed by atoms with Crippen LogP contribution in [0.4, 0.5) is 0 Å². The molecule has 4 aromatic rings. The van der Waals surface area contributed by atoms with Crippen molar-refractivity contribution >= 4 is 5.91 Å². The number of piperidine rings is 1. The van der Waals surface area contributed by atoms with Crippen LogP contribution in [-0.4, -0.2) is 66.6 Å². The quantitative estimate of drug-likeness (QED) is 0.414. The average Bonchev–Trinajstić information content (AvgIpc) is 3.63. The van der Waals surface area contributed by atoms with E-state index in [4.69, 9.17) is 4.74 Å². The highest BCUT2D eigenvalue weighted by Crippen LogP contribution is 2.28. The van der Waals surface area contributed by atoms with Gasteiger partial charge in [0.2, 0.25) is 5.91 Å². The van der Waals surface area contributed by atoms with Gasteiger partial charge in [0, 0.05) is 86.3 Å². The SMILES string of the molecule is Cn1cc(-c2cccc(-c3ncc(-c4cnn(C5CCN(C(=O)C6CCOCC6)CC5)c4)cn3)c2)cn1. The van der Waals surface area contributed by atoms with Crippen LogP contribution < -0.4 is 0 Å². The Morgan fingerprint density at radius 3 is 2.27 bits per heavy atom. The Bertz CT molecular complexity index is 1360. The van der Waals surface area contributed by atoms with Crippen LogP contribution in [-0.2, 0) is 16.6 Å². The minimum Gasteiger partial charge on any atom is -0.381 e. The number of aromatic nitrogens is 6. The number of nitrogens with zero attached hydrogens (tertiary/aromatic N) is 7. The maximum atomic E-state index is 12.8. The molecule has 2 saturated heterocycles. The van der Waals surface area contributed by atoms with E-state index in [0.29, 0.717) is 31.0 Å². The summed E-state index contributed by atoms with van der Waals surface area (Å²) in [4.78, 5) is 24.1. The normalized spacial score (nSPS) is 17.3. The molecule has 190 valence electrons. The second-order valence-electron chi connectivity index (χ2n) is 9.93. The lowest BCUT2D eigenvalue weighted by Gasteiger charge is -2.35. The van der Waals surface area contributed by atoms with Crippen LogP contribution in [0.2, 0.25) is 0 Å². The van der Waals surface area contributed by atoms with E-state index in [1.54, 1.807) is 4.68 Å². The molecule has 0 atom stereocenters. The van der Waals surface area contributed by atoms with Gasteiger partial charge in [-0.3, -0.25) is 14.2 Å². The molecule has 2 fully saturated rings. The molecule has 0 bridgehead atoms. The van der Waals surface area contributed by atoms with E-state index in [-0.39, 0.29) is 5.92 Å². The fourth-order valence-corrected chi connectivity index (χ4v) is 5.27. The standard InChI is InChI=1S/C28H31N7O2/c1-33-18-24(16-31-33)21-3-2-4-22(13-21)27-29-14-23(15-30-27)25-17-32-35(19-25)26-5-9-34(10-6-26)28(36)20-7-11-37-12-8-20/h2-4,13-20,26H,5-12H2,1H3. The number of carbonyl (C=O) groups excluding carboxylic acids is 1. The van der Waals surface area contributed by atoms with Gasteiger partial charge in [-0.05, 0) is 37.3 Å². The van der Waals surface area contributed by atoms with Gasteiger partial charge in [-0.2, -0.15) is 10.2 Å². The smallest absolute Gasteiger partial charge is 0.225 e. The first-order valence-corrected chi connectivity index (χ1v) is 13.0. The van der Waals surface area contributed by atoms with E-state index in [9.17, 15) is 4.79 Å². The molecule has 1 amide bonds. The lowest BCUT2D eigenvalue weighted by Crippen LogP contribution is -2.43. The van der Waals surface area contributed by atoms with Gasteiger partial charge in [-0.1, -0.05) is 18.2 Å².